The van der Waals surface area contributed by atoms with Crippen LogP contribution < -0.4 is 0 Å². The highest BCUT2D eigenvalue weighted by Crippen LogP contribution is 2.32. The molecule has 2 aliphatic heterocycles. The maximum Gasteiger partial charge on any atom is 0.225 e. The Morgan fingerprint density at radius 3 is 1.31 bits per heavy atom. The summed E-state index contributed by atoms with van der Waals surface area (Å²) in [5.41, 5.74) is 1.84. The lowest BCUT2D eigenvalue weighted by Gasteiger charge is -2.34. The average Bonchev–Trinajstić information content (AvgIpc) is 2.89. The molecule has 2 amide bonds. The molecule has 2 saturated heterocycles. The van der Waals surface area contributed by atoms with Crippen molar-refractivity contribution in [3.05, 3.63) is 71.8 Å². The van der Waals surface area contributed by atoms with Crippen LogP contribution in [0.15, 0.2) is 60.7 Å². The molecule has 9 heteroatoms. The first-order valence-electron chi connectivity index (χ1n) is 12.1. The number of carbonyl (C=O) groups is 2. The molecule has 0 N–H and O–H groups in total. The Balaban J connectivity index is 1.52. The summed E-state index contributed by atoms with van der Waals surface area (Å²) in [5, 5.41) is 0. The molecular formula is C26H32Cl2N4O3. The Morgan fingerprint density at radius 1 is 0.629 bits per heavy atom. The van der Waals surface area contributed by atoms with Gasteiger partial charge in [-0.2, -0.15) is 0 Å². The van der Waals surface area contributed by atoms with E-state index in [0.29, 0.717) is 52.4 Å². The number of benzene rings is 2. The molecule has 188 valence electrons. The van der Waals surface area contributed by atoms with Gasteiger partial charge in [0, 0.05) is 52.4 Å². The maximum atomic E-state index is 13.2. The van der Waals surface area contributed by atoms with E-state index >= 15 is 0 Å². The van der Waals surface area contributed by atoms with Gasteiger partial charge in [0.2, 0.25) is 11.8 Å². The van der Waals surface area contributed by atoms with Gasteiger partial charge in [-0.15, -0.1) is 0 Å². The fraction of sp³-hybridized carbons (Fsp3) is 0.462. The van der Waals surface area contributed by atoms with Crippen LogP contribution in [0.25, 0.3) is 0 Å². The Morgan fingerprint density at radius 2 is 0.971 bits per heavy atom. The van der Waals surface area contributed by atoms with Crippen LogP contribution in [-0.2, 0) is 14.3 Å². The van der Waals surface area contributed by atoms with Crippen molar-refractivity contribution in [2.75, 3.05) is 52.4 Å². The Labute approximate surface area is 217 Å². The Kier molecular flexibility index (Phi) is 9.40. The van der Waals surface area contributed by atoms with Crippen molar-refractivity contribution < 1.29 is 14.3 Å². The molecule has 0 aliphatic carbocycles. The summed E-state index contributed by atoms with van der Waals surface area (Å²) in [6.45, 7) is 4.94. The van der Waals surface area contributed by atoms with E-state index in [1.165, 1.54) is 0 Å². The smallest absolute Gasteiger partial charge is 0.225 e. The predicted octanol–water partition coefficient (Wildman–Crippen LogP) is 3.86. The van der Waals surface area contributed by atoms with E-state index in [4.69, 9.17) is 28.3 Å². The van der Waals surface area contributed by atoms with Gasteiger partial charge in [-0.1, -0.05) is 60.7 Å². The van der Waals surface area contributed by atoms with E-state index in [1.807, 2.05) is 70.5 Å². The SMILES string of the molecule is O=C(CC(OC(CC(=O)N1CCN(Cl)CC1)c1ccccc1)c1ccccc1)N1CCN(Cl)CC1. The molecule has 2 heterocycles. The third-order valence-electron chi connectivity index (χ3n) is 6.55. The molecule has 2 atom stereocenters. The highest BCUT2D eigenvalue weighted by molar-refractivity contribution is 6.13. The van der Waals surface area contributed by atoms with Gasteiger partial charge in [0.1, 0.15) is 0 Å². The van der Waals surface area contributed by atoms with Crippen molar-refractivity contribution in [1.82, 2.24) is 18.6 Å². The number of amides is 2. The molecular weight excluding hydrogens is 487 g/mol. The minimum atomic E-state index is -0.476. The zero-order chi connectivity index (χ0) is 24.6. The van der Waals surface area contributed by atoms with Crippen LogP contribution in [0.2, 0.25) is 0 Å². The van der Waals surface area contributed by atoms with Gasteiger partial charge in [-0.05, 0) is 34.7 Å². The molecule has 2 aromatic rings. The highest BCUT2D eigenvalue weighted by atomic mass is 35.5. The molecule has 35 heavy (non-hydrogen) atoms. The van der Waals surface area contributed by atoms with E-state index in [0.717, 1.165) is 11.1 Å². The number of ether oxygens (including phenoxy) is 1. The number of hydrogen-bond donors (Lipinski definition) is 0. The number of rotatable bonds is 8. The molecule has 4 rings (SSSR count). The highest BCUT2D eigenvalue weighted by Gasteiger charge is 2.29. The molecule has 2 aromatic carbocycles. The van der Waals surface area contributed by atoms with Gasteiger partial charge < -0.3 is 14.5 Å². The normalized spacial score (nSPS) is 19.4. The summed E-state index contributed by atoms with van der Waals surface area (Å²) in [7, 11) is 0. The van der Waals surface area contributed by atoms with E-state index in [9.17, 15) is 9.59 Å². The summed E-state index contributed by atoms with van der Waals surface area (Å²) >= 11 is 12.1. The molecule has 0 aromatic heterocycles. The quantitative estimate of drug-likeness (QED) is 0.496. The number of halogens is 2. The second-order valence-corrected chi connectivity index (χ2v) is 9.88. The lowest BCUT2D eigenvalue weighted by molar-refractivity contribution is -0.140. The monoisotopic (exact) mass is 518 g/mol. The summed E-state index contributed by atoms with van der Waals surface area (Å²) < 4.78 is 10.0. The second kappa shape index (κ2) is 12.7. The van der Waals surface area contributed by atoms with Crippen molar-refractivity contribution in [2.45, 2.75) is 25.0 Å². The van der Waals surface area contributed by atoms with Crippen LogP contribution in [0.1, 0.15) is 36.2 Å². The standard InChI is InChI=1S/C26H32Cl2N4O3/c27-31-15-11-29(12-16-31)25(33)19-23(21-7-3-1-4-8-21)35-24(22-9-5-2-6-10-22)20-26(34)30-13-17-32(28)18-14-30/h1-10,23-24H,11-20H2. The third-order valence-corrected chi connectivity index (χ3v) is 7.22. The first kappa shape index (κ1) is 25.9. The largest absolute Gasteiger partial charge is 0.365 e. The van der Waals surface area contributed by atoms with Crippen LogP contribution in [-0.4, -0.2) is 82.8 Å². The van der Waals surface area contributed by atoms with Crippen molar-refractivity contribution >= 4 is 35.4 Å². The third kappa shape index (κ3) is 7.41. The molecule has 7 nitrogen and oxygen atoms in total. The number of piperazine rings is 2. The first-order valence-corrected chi connectivity index (χ1v) is 12.8. The molecule has 0 radical (unpaired) electrons. The zero-order valence-electron chi connectivity index (χ0n) is 19.8. The van der Waals surface area contributed by atoms with Crippen LogP contribution >= 0.6 is 23.6 Å². The second-order valence-electron chi connectivity index (χ2n) is 8.92. The molecule has 0 bridgehead atoms. The zero-order valence-corrected chi connectivity index (χ0v) is 21.3. The van der Waals surface area contributed by atoms with Gasteiger partial charge >= 0.3 is 0 Å². The van der Waals surface area contributed by atoms with Crippen molar-refractivity contribution in [3.8, 4) is 0 Å². The minimum absolute atomic E-state index is 0.0278. The summed E-state index contributed by atoms with van der Waals surface area (Å²) in [4.78, 5) is 30.1. The molecule has 0 saturated carbocycles. The summed E-state index contributed by atoms with van der Waals surface area (Å²) in [5.74, 6) is 0.0555. The lowest BCUT2D eigenvalue weighted by Crippen LogP contribution is -2.46. The van der Waals surface area contributed by atoms with E-state index < -0.39 is 12.2 Å². The van der Waals surface area contributed by atoms with Crippen LogP contribution in [0.3, 0.4) is 0 Å². The van der Waals surface area contributed by atoms with Gasteiger partial charge in [-0.25, -0.2) is 8.84 Å². The van der Waals surface area contributed by atoms with Crippen molar-refractivity contribution in [3.63, 3.8) is 0 Å². The Bertz CT molecular complexity index is 872. The number of carbonyl (C=O) groups excluding carboxylic acids is 2. The summed E-state index contributed by atoms with van der Waals surface area (Å²) in [6.07, 6.45) is -0.547. The van der Waals surface area contributed by atoms with Crippen LogP contribution in [0, 0.1) is 0 Å². The molecule has 2 aliphatic rings. The van der Waals surface area contributed by atoms with Crippen molar-refractivity contribution in [1.29, 1.82) is 0 Å². The fourth-order valence-electron chi connectivity index (χ4n) is 4.46. The maximum absolute atomic E-state index is 13.2. The van der Waals surface area contributed by atoms with E-state index in [1.54, 1.807) is 8.84 Å². The van der Waals surface area contributed by atoms with Gasteiger partial charge in [0.25, 0.3) is 0 Å². The lowest BCUT2D eigenvalue weighted by atomic mass is 10.0. The van der Waals surface area contributed by atoms with E-state index in [-0.39, 0.29) is 24.7 Å². The average molecular weight is 519 g/mol. The topological polar surface area (TPSA) is 56.3 Å². The number of nitrogens with zero attached hydrogens (tertiary/aromatic N) is 4. The molecule has 2 fully saturated rings. The fourth-order valence-corrected chi connectivity index (χ4v) is 4.76. The van der Waals surface area contributed by atoms with Gasteiger partial charge in [-0.3, -0.25) is 9.59 Å². The van der Waals surface area contributed by atoms with Gasteiger partial charge in [0.05, 0.1) is 25.0 Å². The van der Waals surface area contributed by atoms with Crippen LogP contribution in [0.5, 0.6) is 0 Å². The Hall–Kier alpha value is -2.16. The summed E-state index contributed by atoms with van der Waals surface area (Å²) in [6, 6.07) is 19.5. The van der Waals surface area contributed by atoms with Gasteiger partial charge in [0.15, 0.2) is 0 Å². The first-order chi connectivity index (χ1) is 17.0. The predicted molar refractivity (Wildman–Crippen MR) is 137 cm³/mol. The number of hydrogen-bond acceptors (Lipinski definition) is 5. The van der Waals surface area contributed by atoms with Crippen molar-refractivity contribution in [2.24, 2.45) is 0 Å². The molecule has 2 unspecified atom stereocenters. The van der Waals surface area contributed by atoms with E-state index in [2.05, 4.69) is 0 Å². The minimum Gasteiger partial charge on any atom is -0.365 e. The van der Waals surface area contributed by atoms with Crippen LogP contribution in [0.4, 0.5) is 0 Å². The molecule has 0 spiro atoms.